The van der Waals surface area contributed by atoms with Crippen molar-refractivity contribution in [2.75, 3.05) is 13.2 Å². The first kappa shape index (κ1) is 40.3. The van der Waals surface area contributed by atoms with Crippen molar-refractivity contribution in [3.05, 3.63) is 118 Å². The molecule has 15 nitrogen and oxygen atoms in total. The molecule has 4 aromatic carbocycles. The Morgan fingerprint density at radius 3 is 1.35 bits per heavy atom. The number of fused-ring (bicyclic) bond motifs is 2. The quantitative estimate of drug-likeness (QED) is 0.0524. The number of rotatable bonds is 12. The van der Waals surface area contributed by atoms with Gasteiger partial charge in [0.05, 0.1) is 48.1 Å². The first-order chi connectivity index (χ1) is 23.4. The molecule has 0 N–H and O–H groups in total. The second kappa shape index (κ2) is 16.9. The first-order valence-corrected chi connectivity index (χ1v) is 17.1. The maximum Gasteiger partial charge on any atom is 1.00 e. The van der Waals surface area contributed by atoms with Crippen LogP contribution in [0.5, 0.6) is 11.5 Å². The van der Waals surface area contributed by atoms with E-state index in [1.807, 2.05) is 0 Å². The van der Waals surface area contributed by atoms with Crippen LogP contribution in [0, 0.1) is 0 Å². The normalized spacial score (nSPS) is 11.5. The minimum absolute atomic E-state index is 0. The molecule has 51 heavy (non-hydrogen) atoms. The smallest absolute Gasteiger partial charge is 0.716 e. The number of ether oxygens (including phenoxy) is 1. The third-order valence-corrected chi connectivity index (χ3v) is 8.02. The number of hydrogen-bond acceptors (Lipinski definition) is 13. The SMILES string of the molecule is O=c1c2ccccc2nc(-c2cccc(OS(=O)(=O)[O-])c2)n1CCOCCn1c(-c2cccc(OS(=O)(=O)[O-])c2)nc2ccccc2c1=O.[Na+].[Na+]. The van der Waals surface area contributed by atoms with Crippen LogP contribution in [0.25, 0.3) is 44.6 Å². The Bertz CT molecular complexity index is 2390. The molecule has 0 atom stereocenters. The zero-order valence-corrected chi connectivity index (χ0v) is 32.8. The summed E-state index contributed by atoms with van der Waals surface area (Å²) in [5, 5.41) is 0.658. The Hall–Kier alpha value is -3.46. The van der Waals surface area contributed by atoms with Crippen LogP contribution in [0.4, 0.5) is 0 Å². The van der Waals surface area contributed by atoms with Gasteiger partial charge >= 0.3 is 59.1 Å². The van der Waals surface area contributed by atoms with Gasteiger partial charge in [0.15, 0.2) is 0 Å². The van der Waals surface area contributed by atoms with Gasteiger partial charge in [-0.25, -0.2) is 26.8 Å². The van der Waals surface area contributed by atoms with E-state index in [1.54, 1.807) is 60.7 Å². The van der Waals surface area contributed by atoms with Gasteiger partial charge in [-0.3, -0.25) is 18.7 Å². The third kappa shape index (κ3) is 9.91. The molecule has 0 aliphatic carbocycles. The molecule has 6 aromatic rings. The molecule has 0 fully saturated rings. The van der Waals surface area contributed by atoms with Crippen molar-refractivity contribution >= 4 is 42.6 Å². The molecule has 0 aliphatic rings. The fourth-order valence-corrected chi connectivity index (χ4v) is 5.89. The van der Waals surface area contributed by atoms with Crippen LogP contribution >= 0.6 is 0 Å². The predicted molar refractivity (Wildman–Crippen MR) is 174 cm³/mol. The summed E-state index contributed by atoms with van der Waals surface area (Å²) < 4.78 is 84.6. The van der Waals surface area contributed by atoms with E-state index < -0.39 is 31.9 Å². The zero-order valence-electron chi connectivity index (χ0n) is 27.2. The van der Waals surface area contributed by atoms with E-state index in [9.17, 15) is 35.5 Å². The number of para-hydroxylation sites is 2. The molecule has 0 saturated heterocycles. The summed E-state index contributed by atoms with van der Waals surface area (Å²) in [6, 6.07) is 24.5. The predicted octanol–water partition coefficient (Wildman–Crippen LogP) is -3.16. The molecule has 19 heteroatoms. The van der Waals surface area contributed by atoms with Crippen molar-refractivity contribution in [3.63, 3.8) is 0 Å². The Balaban J connectivity index is 0.00000292. The van der Waals surface area contributed by atoms with E-state index in [0.717, 1.165) is 0 Å². The van der Waals surface area contributed by atoms with Gasteiger partial charge in [0, 0.05) is 11.1 Å². The number of hydrogen-bond donors (Lipinski definition) is 0. The van der Waals surface area contributed by atoms with Crippen LogP contribution in [0.3, 0.4) is 0 Å². The van der Waals surface area contributed by atoms with Crippen LogP contribution in [-0.4, -0.2) is 58.3 Å². The van der Waals surface area contributed by atoms with Gasteiger partial charge in [-0.15, -0.1) is 0 Å². The Morgan fingerprint density at radius 2 is 0.961 bits per heavy atom. The average Bonchev–Trinajstić information content (AvgIpc) is 3.05. The van der Waals surface area contributed by atoms with Gasteiger partial charge in [0.2, 0.25) is 0 Å². The fourth-order valence-electron chi connectivity index (χ4n) is 5.22. The Labute approximate surface area is 335 Å². The fraction of sp³-hybridized carbons (Fsp3) is 0.125. The van der Waals surface area contributed by atoms with Crippen molar-refractivity contribution in [2.45, 2.75) is 13.1 Å². The minimum atomic E-state index is -5.05. The Morgan fingerprint density at radius 1 is 0.569 bits per heavy atom. The summed E-state index contributed by atoms with van der Waals surface area (Å²) in [4.78, 5) is 36.4. The molecule has 0 unspecified atom stereocenters. The summed E-state index contributed by atoms with van der Waals surface area (Å²) in [6.45, 7) is -0.0445. The van der Waals surface area contributed by atoms with Crippen LogP contribution in [0.15, 0.2) is 107 Å². The van der Waals surface area contributed by atoms with E-state index in [2.05, 4.69) is 18.3 Å². The number of nitrogens with zero attached hydrogens (tertiary/aromatic N) is 4. The summed E-state index contributed by atoms with van der Waals surface area (Å²) in [5.74, 6) is -0.176. The Kier molecular flexibility index (Phi) is 13.4. The molecule has 0 amide bonds. The molecule has 2 aromatic heterocycles. The first-order valence-electron chi connectivity index (χ1n) is 14.4. The molecule has 0 radical (unpaired) electrons. The molecule has 0 bridgehead atoms. The summed E-state index contributed by atoms with van der Waals surface area (Å²) >= 11 is 0. The average molecular weight is 751 g/mol. The summed E-state index contributed by atoms with van der Waals surface area (Å²) in [6.07, 6.45) is 0. The maximum absolute atomic E-state index is 13.6. The molecule has 0 saturated carbocycles. The van der Waals surface area contributed by atoms with E-state index in [1.165, 1.54) is 45.5 Å². The van der Waals surface area contributed by atoms with Gasteiger partial charge in [-0.2, -0.15) is 0 Å². The van der Waals surface area contributed by atoms with Crippen molar-refractivity contribution in [1.29, 1.82) is 0 Å². The molecule has 0 spiro atoms. The third-order valence-electron chi connectivity index (χ3n) is 7.22. The molecule has 2 heterocycles. The topological polar surface area (TPSA) is 212 Å². The van der Waals surface area contributed by atoms with Crippen LogP contribution in [0.1, 0.15) is 0 Å². The monoisotopic (exact) mass is 750 g/mol. The zero-order chi connectivity index (χ0) is 34.8. The van der Waals surface area contributed by atoms with Crippen LogP contribution in [0.2, 0.25) is 0 Å². The second-order valence-corrected chi connectivity index (χ2v) is 12.4. The summed E-state index contributed by atoms with van der Waals surface area (Å²) in [5.41, 5.74) is 0.593. The van der Waals surface area contributed by atoms with Gasteiger partial charge in [-0.05, 0) is 48.5 Å². The standard InChI is InChI=1S/C32H26N4O11S2.2Na/c37-31-25-11-1-3-13-27(25)33-29(21-7-5-9-23(19-21)46-48(39,40)41)35(31)15-17-45-18-16-36-30(34-28-14-4-2-12-26(28)32(36)38)22-8-6-10-24(20-22)47-49(42,43)44;;/h1-14,19-20H,15-18H2,(H,39,40,41)(H,42,43,44);;/q;2*+1/p-2. The van der Waals surface area contributed by atoms with Crippen LogP contribution in [-0.2, 0) is 38.6 Å². The molecule has 6 rings (SSSR count). The van der Waals surface area contributed by atoms with Gasteiger partial charge in [-0.1, -0.05) is 48.5 Å². The molecule has 0 aliphatic heterocycles. The van der Waals surface area contributed by atoms with Gasteiger partial charge < -0.3 is 22.2 Å². The molecular formula is C32H24N4Na2O11S2. The van der Waals surface area contributed by atoms with E-state index in [0.29, 0.717) is 32.9 Å². The molecular weight excluding hydrogens is 726 g/mol. The van der Waals surface area contributed by atoms with Gasteiger partial charge in [0.25, 0.3) is 31.9 Å². The largest absolute Gasteiger partial charge is 1.00 e. The number of aromatic nitrogens is 4. The van der Waals surface area contributed by atoms with Crippen molar-refractivity contribution in [2.24, 2.45) is 0 Å². The van der Waals surface area contributed by atoms with Crippen molar-refractivity contribution in [3.8, 4) is 34.3 Å². The van der Waals surface area contributed by atoms with E-state index in [4.69, 9.17) is 4.74 Å². The summed E-state index contributed by atoms with van der Waals surface area (Å²) in [7, 11) is -10.1. The minimum Gasteiger partial charge on any atom is -0.716 e. The van der Waals surface area contributed by atoms with Crippen LogP contribution < -0.4 is 78.6 Å². The van der Waals surface area contributed by atoms with Crippen molar-refractivity contribution in [1.82, 2.24) is 19.1 Å². The number of benzene rings is 4. The molecule has 252 valence electrons. The maximum atomic E-state index is 13.6. The van der Waals surface area contributed by atoms with E-state index in [-0.39, 0.29) is 109 Å². The second-order valence-electron chi connectivity index (χ2n) is 10.5. The van der Waals surface area contributed by atoms with Crippen molar-refractivity contribution < 1.29 is 98.2 Å². The van der Waals surface area contributed by atoms with Gasteiger partial charge in [0.1, 0.15) is 23.1 Å². The van der Waals surface area contributed by atoms with E-state index >= 15 is 0 Å².